The molecule has 1 saturated heterocycles. The number of nitrogens with two attached hydrogens (primary N) is 2. The zero-order valence-corrected chi connectivity index (χ0v) is 18.8. The summed E-state index contributed by atoms with van der Waals surface area (Å²) in [5.74, 6) is -0.635. The van der Waals surface area contributed by atoms with Crippen LogP contribution in [0.5, 0.6) is 0 Å². The second kappa shape index (κ2) is 10.0. The molecule has 0 aromatic heterocycles. The Labute approximate surface area is 195 Å². The Balaban J connectivity index is 1.59. The normalized spacial score (nSPS) is 16.9. The van der Waals surface area contributed by atoms with Gasteiger partial charge in [-0.05, 0) is 60.5 Å². The van der Waals surface area contributed by atoms with Gasteiger partial charge in [0.25, 0.3) is 0 Å². The predicted octanol–water partition coefficient (Wildman–Crippen LogP) is 3.51. The van der Waals surface area contributed by atoms with Gasteiger partial charge in [0.2, 0.25) is 11.8 Å². The van der Waals surface area contributed by atoms with Crippen LogP contribution >= 0.6 is 0 Å². The van der Waals surface area contributed by atoms with E-state index in [4.69, 9.17) is 11.5 Å². The number of carbonyl (C=O) groups excluding carboxylic acids is 2. The number of carbonyl (C=O) groups is 2. The average molecular weight is 442 g/mol. The second-order valence-corrected chi connectivity index (χ2v) is 8.86. The first-order chi connectivity index (χ1) is 16.0. The summed E-state index contributed by atoms with van der Waals surface area (Å²) >= 11 is 0. The fourth-order valence-corrected chi connectivity index (χ4v) is 5.26. The number of nitrogens with zero attached hydrogens (tertiary/aromatic N) is 1. The number of likely N-dealkylation sites (tertiary alicyclic amines) is 1. The van der Waals surface area contributed by atoms with Crippen molar-refractivity contribution < 1.29 is 9.59 Å². The number of hydrogen-bond acceptors (Lipinski definition) is 3. The molecule has 33 heavy (non-hydrogen) atoms. The summed E-state index contributed by atoms with van der Waals surface area (Å²) in [5.41, 5.74) is 14.3. The SMILES string of the molecule is NC(=O)c1ccc(CCN2CCC[C@H](C(C(N)=O)(c3ccccc3)c3ccccc3)C2)cc1. The van der Waals surface area contributed by atoms with E-state index in [9.17, 15) is 9.59 Å². The van der Waals surface area contributed by atoms with Gasteiger partial charge in [-0.1, -0.05) is 72.8 Å². The zero-order valence-electron chi connectivity index (χ0n) is 18.8. The smallest absolute Gasteiger partial charge is 0.248 e. The summed E-state index contributed by atoms with van der Waals surface area (Å²) in [4.78, 5) is 27.0. The lowest BCUT2D eigenvalue weighted by atomic mass is 9.63. The Hall–Kier alpha value is -3.44. The summed E-state index contributed by atoms with van der Waals surface area (Å²) < 4.78 is 0. The molecule has 0 aliphatic carbocycles. The van der Waals surface area contributed by atoms with Crippen molar-refractivity contribution in [3.05, 3.63) is 107 Å². The first-order valence-corrected chi connectivity index (χ1v) is 11.5. The number of amides is 2. The molecule has 2 amide bonds. The highest BCUT2D eigenvalue weighted by Gasteiger charge is 2.48. The molecular weight excluding hydrogens is 410 g/mol. The zero-order chi connectivity index (χ0) is 23.3. The molecule has 0 saturated carbocycles. The molecule has 4 rings (SSSR count). The van der Waals surface area contributed by atoms with Crippen LogP contribution in [0.1, 0.15) is 39.9 Å². The number of primary amides is 2. The Morgan fingerprint density at radius 1 is 0.848 bits per heavy atom. The molecule has 5 heteroatoms. The van der Waals surface area contributed by atoms with Gasteiger partial charge in [0.05, 0.1) is 0 Å². The van der Waals surface area contributed by atoms with Crippen LogP contribution < -0.4 is 11.5 Å². The molecular formula is C28H31N3O2. The van der Waals surface area contributed by atoms with Crippen molar-refractivity contribution in [1.82, 2.24) is 4.90 Å². The summed E-state index contributed by atoms with van der Waals surface area (Å²) in [6.07, 6.45) is 2.82. The third-order valence-electron chi connectivity index (χ3n) is 6.92. The van der Waals surface area contributed by atoms with Crippen LogP contribution in [0, 0.1) is 5.92 Å². The molecule has 0 radical (unpaired) electrons. The van der Waals surface area contributed by atoms with Crippen LogP contribution in [-0.4, -0.2) is 36.3 Å². The van der Waals surface area contributed by atoms with Crippen LogP contribution in [-0.2, 0) is 16.6 Å². The molecule has 3 aromatic rings. The van der Waals surface area contributed by atoms with Gasteiger partial charge in [0.15, 0.2) is 0 Å². The van der Waals surface area contributed by atoms with E-state index in [-0.39, 0.29) is 11.8 Å². The van der Waals surface area contributed by atoms with Crippen molar-refractivity contribution in [2.24, 2.45) is 17.4 Å². The highest BCUT2D eigenvalue weighted by Crippen LogP contribution is 2.43. The topological polar surface area (TPSA) is 89.4 Å². The van der Waals surface area contributed by atoms with Crippen LogP contribution in [0.15, 0.2) is 84.9 Å². The Bertz CT molecular complexity index is 1040. The molecule has 5 nitrogen and oxygen atoms in total. The van der Waals surface area contributed by atoms with E-state index in [0.717, 1.165) is 55.6 Å². The van der Waals surface area contributed by atoms with Gasteiger partial charge in [-0.3, -0.25) is 9.59 Å². The van der Waals surface area contributed by atoms with Gasteiger partial charge in [-0.2, -0.15) is 0 Å². The van der Waals surface area contributed by atoms with E-state index < -0.39 is 11.3 Å². The molecule has 1 aliphatic rings. The fourth-order valence-electron chi connectivity index (χ4n) is 5.26. The van der Waals surface area contributed by atoms with Gasteiger partial charge in [0, 0.05) is 18.7 Å². The third kappa shape index (κ3) is 4.69. The molecule has 1 atom stereocenters. The second-order valence-electron chi connectivity index (χ2n) is 8.86. The van der Waals surface area contributed by atoms with Crippen LogP contribution in [0.4, 0.5) is 0 Å². The van der Waals surface area contributed by atoms with Crippen LogP contribution in [0.2, 0.25) is 0 Å². The highest BCUT2D eigenvalue weighted by molar-refractivity contribution is 5.92. The number of hydrogen-bond donors (Lipinski definition) is 2. The van der Waals surface area contributed by atoms with E-state index in [1.165, 1.54) is 0 Å². The Morgan fingerprint density at radius 3 is 1.94 bits per heavy atom. The number of piperidine rings is 1. The van der Waals surface area contributed by atoms with Gasteiger partial charge in [0.1, 0.15) is 5.41 Å². The molecule has 170 valence electrons. The van der Waals surface area contributed by atoms with Crippen molar-refractivity contribution in [2.45, 2.75) is 24.7 Å². The van der Waals surface area contributed by atoms with Gasteiger partial charge >= 0.3 is 0 Å². The maximum Gasteiger partial charge on any atom is 0.248 e. The molecule has 1 heterocycles. The maximum atomic E-state index is 13.3. The summed E-state index contributed by atoms with van der Waals surface area (Å²) in [5, 5.41) is 0. The molecule has 0 bridgehead atoms. The largest absolute Gasteiger partial charge is 0.369 e. The first kappa shape index (κ1) is 22.7. The minimum absolute atomic E-state index is 0.0748. The van der Waals surface area contributed by atoms with E-state index in [0.29, 0.717) is 5.56 Å². The van der Waals surface area contributed by atoms with Crippen LogP contribution in [0.3, 0.4) is 0 Å². The van der Waals surface area contributed by atoms with Crippen molar-refractivity contribution in [3.8, 4) is 0 Å². The Kier molecular flexibility index (Phi) is 6.90. The lowest BCUT2D eigenvalue weighted by Crippen LogP contribution is -2.53. The summed E-state index contributed by atoms with van der Waals surface area (Å²) in [6.45, 7) is 2.67. The third-order valence-corrected chi connectivity index (χ3v) is 6.92. The van der Waals surface area contributed by atoms with Crippen LogP contribution in [0.25, 0.3) is 0 Å². The van der Waals surface area contributed by atoms with Gasteiger partial charge < -0.3 is 16.4 Å². The van der Waals surface area contributed by atoms with E-state index >= 15 is 0 Å². The summed E-state index contributed by atoms with van der Waals surface area (Å²) in [6, 6.07) is 27.4. The lowest BCUT2D eigenvalue weighted by Gasteiger charge is -2.44. The molecule has 4 N–H and O–H groups in total. The van der Waals surface area contributed by atoms with Crippen molar-refractivity contribution >= 4 is 11.8 Å². The minimum atomic E-state index is -0.871. The van der Waals surface area contributed by atoms with Crippen molar-refractivity contribution in [1.29, 1.82) is 0 Å². The minimum Gasteiger partial charge on any atom is -0.369 e. The van der Waals surface area contributed by atoms with E-state index in [1.807, 2.05) is 72.8 Å². The standard InChI is InChI=1S/C28H31N3O2/c29-26(32)22-15-13-21(14-16-22)17-19-31-18-7-12-25(20-31)28(27(30)33,23-8-3-1-4-9-23)24-10-5-2-6-11-24/h1-6,8-11,13-16,25H,7,12,17-20H2,(H2,29,32)(H2,30,33)/t25-/m0/s1. The number of benzene rings is 3. The quantitative estimate of drug-likeness (QED) is 0.561. The molecule has 1 fully saturated rings. The molecule has 0 unspecified atom stereocenters. The monoisotopic (exact) mass is 441 g/mol. The predicted molar refractivity (Wildman–Crippen MR) is 131 cm³/mol. The van der Waals surface area contributed by atoms with Crippen molar-refractivity contribution in [3.63, 3.8) is 0 Å². The summed E-state index contributed by atoms with van der Waals surface area (Å²) in [7, 11) is 0. The fraction of sp³-hybridized carbons (Fsp3) is 0.286. The number of rotatable bonds is 8. The van der Waals surface area contributed by atoms with Gasteiger partial charge in [-0.25, -0.2) is 0 Å². The highest BCUT2D eigenvalue weighted by atomic mass is 16.1. The molecule has 1 aliphatic heterocycles. The molecule has 0 spiro atoms. The average Bonchev–Trinajstić information content (AvgIpc) is 2.85. The maximum absolute atomic E-state index is 13.3. The first-order valence-electron chi connectivity index (χ1n) is 11.5. The van der Waals surface area contributed by atoms with Gasteiger partial charge in [-0.15, -0.1) is 0 Å². The van der Waals surface area contributed by atoms with Crippen molar-refractivity contribution in [2.75, 3.05) is 19.6 Å². The van der Waals surface area contributed by atoms with E-state index in [2.05, 4.69) is 4.90 Å². The lowest BCUT2D eigenvalue weighted by molar-refractivity contribution is -0.124. The molecule has 3 aromatic carbocycles. The van der Waals surface area contributed by atoms with E-state index in [1.54, 1.807) is 12.1 Å². The Morgan fingerprint density at radius 2 is 1.42 bits per heavy atom.